The third-order valence-electron chi connectivity index (χ3n) is 3.59. The molecule has 1 atom stereocenters. The maximum absolute atomic E-state index is 12.7. The molecule has 0 aliphatic carbocycles. The second-order valence-corrected chi connectivity index (χ2v) is 4.91. The van der Waals surface area contributed by atoms with E-state index in [1.165, 1.54) is 24.3 Å². The lowest BCUT2D eigenvalue weighted by Gasteiger charge is -2.24. The molecule has 0 radical (unpaired) electrons. The highest BCUT2D eigenvalue weighted by molar-refractivity contribution is 6.05. The minimum Gasteiger partial charge on any atom is -0.293 e. The summed E-state index contributed by atoms with van der Waals surface area (Å²) in [5.41, 5.74) is 0.360. The Hall–Kier alpha value is -2.75. The van der Waals surface area contributed by atoms with Gasteiger partial charge in [-0.1, -0.05) is 36.4 Å². The van der Waals surface area contributed by atoms with Crippen molar-refractivity contribution in [2.75, 3.05) is 0 Å². The Balaban J connectivity index is 2.41. The van der Waals surface area contributed by atoms with Crippen molar-refractivity contribution in [2.24, 2.45) is 0 Å². The van der Waals surface area contributed by atoms with E-state index < -0.39 is 10.3 Å². The summed E-state index contributed by atoms with van der Waals surface area (Å²) in [6.07, 6.45) is 1.60. The number of hydrogen-bond donors (Lipinski definition) is 0. The standard InChI is InChI=1S/C17H15NO3/c1-3-17(2,14-7-5-4-6-8-14)16(19)13-9-11-15(12-10-13)18(20)21/h3-12H,1H2,2H3. The van der Waals surface area contributed by atoms with E-state index in [9.17, 15) is 14.9 Å². The smallest absolute Gasteiger partial charge is 0.269 e. The van der Waals surface area contributed by atoms with Gasteiger partial charge in [0.1, 0.15) is 0 Å². The summed E-state index contributed by atoms with van der Waals surface area (Å²) in [6, 6.07) is 15.0. The van der Waals surface area contributed by atoms with Gasteiger partial charge in [0, 0.05) is 17.7 Å². The lowest BCUT2D eigenvalue weighted by atomic mass is 9.76. The SMILES string of the molecule is C=CC(C)(C(=O)c1ccc([N+](=O)[O-])cc1)c1ccccc1. The average Bonchev–Trinajstić information content (AvgIpc) is 2.54. The maximum atomic E-state index is 12.7. The molecule has 0 amide bonds. The molecule has 0 saturated carbocycles. The molecule has 1 unspecified atom stereocenters. The first-order valence-electron chi connectivity index (χ1n) is 6.47. The van der Waals surface area contributed by atoms with Crippen LogP contribution < -0.4 is 0 Å². The van der Waals surface area contributed by atoms with E-state index in [2.05, 4.69) is 6.58 Å². The summed E-state index contributed by atoms with van der Waals surface area (Å²) < 4.78 is 0. The number of Topliss-reactive ketones (excluding diaryl/α,β-unsaturated/α-hetero) is 1. The Morgan fingerprint density at radius 2 is 1.71 bits per heavy atom. The van der Waals surface area contributed by atoms with Gasteiger partial charge in [0.15, 0.2) is 5.78 Å². The fourth-order valence-electron chi connectivity index (χ4n) is 2.16. The van der Waals surface area contributed by atoms with E-state index in [1.807, 2.05) is 30.3 Å². The van der Waals surface area contributed by atoms with Crippen LogP contribution in [0.2, 0.25) is 0 Å². The summed E-state index contributed by atoms with van der Waals surface area (Å²) >= 11 is 0. The Morgan fingerprint density at radius 3 is 2.19 bits per heavy atom. The summed E-state index contributed by atoms with van der Waals surface area (Å²) in [5, 5.41) is 10.7. The van der Waals surface area contributed by atoms with Crippen LogP contribution in [0.4, 0.5) is 5.69 Å². The lowest BCUT2D eigenvalue weighted by Crippen LogP contribution is -2.30. The van der Waals surface area contributed by atoms with Crippen molar-refractivity contribution in [1.82, 2.24) is 0 Å². The molecule has 0 aliphatic heterocycles. The summed E-state index contributed by atoms with van der Waals surface area (Å²) in [4.78, 5) is 22.9. The topological polar surface area (TPSA) is 60.2 Å². The van der Waals surface area contributed by atoms with Crippen molar-refractivity contribution in [3.05, 3.63) is 88.5 Å². The molecule has 4 nitrogen and oxygen atoms in total. The highest BCUT2D eigenvalue weighted by Gasteiger charge is 2.32. The van der Waals surface area contributed by atoms with Crippen molar-refractivity contribution in [2.45, 2.75) is 12.3 Å². The molecule has 0 heterocycles. The number of carbonyl (C=O) groups excluding carboxylic acids is 1. The molecule has 0 saturated heterocycles. The van der Waals surface area contributed by atoms with Crippen LogP contribution in [0.25, 0.3) is 0 Å². The average molecular weight is 281 g/mol. The fraction of sp³-hybridized carbons (Fsp3) is 0.118. The van der Waals surface area contributed by atoms with Crippen LogP contribution in [-0.2, 0) is 5.41 Å². The zero-order valence-electron chi connectivity index (χ0n) is 11.7. The van der Waals surface area contributed by atoms with Crippen molar-refractivity contribution < 1.29 is 9.72 Å². The van der Waals surface area contributed by atoms with Crippen molar-refractivity contribution in [3.8, 4) is 0 Å². The van der Waals surface area contributed by atoms with Gasteiger partial charge in [-0.3, -0.25) is 14.9 Å². The van der Waals surface area contributed by atoms with E-state index >= 15 is 0 Å². The van der Waals surface area contributed by atoms with Gasteiger partial charge in [0.2, 0.25) is 0 Å². The number of benzene rings is 2. The second kappa shape index (κ2) is 5.71. The van der Waals surface area contributed by atoms with Crippen molar-refractivity contribution in [3.63, 3.8) is 0 Å². The number of allylic oxidation sites excluding steroid dienone is 1. The molecule has 21 heavy (non-hydrogen) atoms. The quantitative estimate of drug-likeness (QED) is 0.361. The molecule has 0 aliphatic rings. The van der Waals surface area contributed by atoms with Crippen LogP contribution in [0.3, 0.4) is 0 Å². The number of hydrogen-bond acceptors (Lipinski definition) is 3. The second-order valence-electron chi connectivity index (χ2n) is 4.91. The number of carbonyl (C=O) groups is 1. The van der Waals surface area contributed by atoms with E-state index in [0.717, 1.165) is 5.56 Å². The first-order valence-corrected chi connectivity index (χ1v) is 6.47. The third-order valence-corrected chi connectivity index (χ3v) is 3.59. The number of nitro groups is 1. The molecule has 0 N–H and O–H groups in total. The molecule has 2 aromatic rings. The molecule has 2 rings (SSSR count). The molecule has 4 heteroatoms. The number of rotatable bonds is 5. The van der Waals surface area contributed by atoms with Gasteiger partial charge in [-0.25, -0.2) is 0 Å². The van der Waals surface area contributed by atoms with Gasteiger partial charge < -0.3 is 0 Å². The summed E-state index contributed by atoms with van der Waals surface area (Å²) in [6.45, 7) is 5.56. The van der Waals surface area contributed by atoms with Gasteiger partial charge in [0.25, 0.3) is 5.69 Å². The molecule has 0 spiro atoms. The number of nitro benzene ring substituents is 1. The monoisotopic (exact) mass is 281 g/mol. The van der Waals surface area contributed by atoms with Gasteiger partial charge in [-0.15, -0.1) is 6.58 Å². The van der Waals surface area contributed by atoms with Crippen molar-refractivity contribution >= 4 is 11.5 Å². The molecular weight excluding hydrogens is 266 g/mol. The van der Waals surface area contributed by atoms with Crippen LogP contribution in [0.5, 0.6) is 0 Å². The molecule has 0 bridgehead atoms. The van der Waals surface area contributed by atoms with E-state index in [-0.39, 0.29) is 11.5 Å². The first kappa shape index (κ1) is 14.7. The lowest BCUT2D eigenvalue weighted by molar-refractivity contribution is -0.384. The Labute approximate surface area is 122 Å². The van der Waals surface area contributed by atoms with Crippen LogP contribution in [0.15, 0.2) is 67.3 Å². The minimum atomic E-state index is -0.864. The highest BCUT2D eigenvalue weighted by Crippen LogP contribution is 2.29. The van der Waals surface area contributed by atoms with Crippen LogP contribution in [-0.4, -0.2) is 10.7 Å². The van der Waals surface area contributed by atoms with Crippen molar-refractivity contribution in [1.29, 1.82) is 0 Å². The van der Waals surface area contributed by atoms with Crippen LogP contribution >= 0.6 is 0 Å². The Morgan fingerprint density at radius 1 is 1.14 bits per heavy atom. The highest BCUT2D eigenvalue weighted by atomic mass is 16.6. The van der Waals surface area contributed by atoms with Crippen LogP contribution in [0, 0.1) is 10.1 Å². The number of non-ortho nitro benzene ring substituents is 1. The Bertz CT molecular complexity index is 677. The first-order chi connectivity index (χ1) is 9.99. The zero-order chi connectivity index (χ0) is 15.5. The normalized spacial score (nSPS) is 13.2. The van der Waals surface area contributed by atoms with E-state index in [0.29, 0.717) is 5.56 Å². The van der Waals surface area contributed by atoms with Gasteiger partial charge in [-0.2, -0.15) is 0 Å². The summed E-state index contributed by atoms with van der Waals surface area (Å²) in [5.74, 6) is -0.140. The molecular formula is C17H15NO3. The van der Waals surface area contributed by atoms with E-state index in [4.69, 9.17) is 0 Å². The largest absolute Gasteiger partial charge is 0.293 e. The summed E-state index contributed by atoms with van der Waals surface area (Å²) in [7, 11) is 0. The Kier molecular flexibility index (Phi) is 3.98. The predicted octanol–water partition coefficient (Wildman–Crippen LogP) is 3.92. The maximum Gasteiger partial charge on any atom is 0.269 e. The number of ketones is 1. The van der Waals surface area contributed by atoms with E-state index in [1.54, 1.807) is 13.0 Å². The molecule has 0 fully saturated rings. The molecule has 2 aromatic carbocycles. The predicted molar refractivity (Wildman–Crippen MR) is 81.4 cm³/mol. The third kappa shape index (κ3) is 2.74. The fourth-order valence-corrected chi connectivity index (χ4v) is 2.16. The van der Waals surface area contributed by atoms with Gasteiger partial charge >= 0.3 is 0 Å². The molecule has 106 valence electrons. The molecule has 0 aromatic heterocycles. The minimum absolute atomic E-state index is 0.0356. The van der Waals surface area contributed by atoms with Gasteiger partial charge in [0.05, 0.1) is 10.3 Å². The number of nitrogens with zero attached hydrogens (tertiary/aromatic N) is 1. The zero-order valence-corrected chi connectivity index (χ0v) is 11.7. The van der Waals surface area contributed by atoms with Gasteiger partial charge in [-0.05, 0) is 24.6 Å². The van der Waals surface area contributed by atoms with Crippen LogP contribution in [0.1, 0.15) is 22.8 Å².